The first-order chi connectivity index (χ1) is 11.1. The molecule has 4 atom stereocenters. The molecule has 24 heavy (non-hydrogen) atoms. The van der Waals surface area contributed by atoms with Crippen LogP contribution in [0.2, 0.25) is 0 Å². The molecule has 0 aliphatic heterocycles. The lowest BCUT2D eigenvalue weighted by atomic mass is 9.67. The van der Waals surface area contributed by atoms with E-state index >= 15 is 0 Å². The zero-order valence-corrected chi connectivity index (χ0v) is 15.7. The highest BCUT2D eigenvalue weighted by Gasteiger charge is 2.62. The molecule has 0 unspecified atom stereocenters. The molecule has 2 rings (SSSR count). The summed E-state index contributed by atoms with van der Waals surface area (Å²) in [6.45, 7) is 11.3. The third-order valence-electron chi connectivity index (χ3n) is 6.12. The maximum atomic E-state index is 12.8. The molecule has 2 aliphatic rings. The van der Waals surface area contributed by atoms with Gasteiger partial charge >= 0.3 is 5.97 Å². The van der Waals surface area contributed by atoms with Crippen molar-refractivity contribution in [2.24, 2.45) is 17.3 Å². The normalized spacial score (nSPS) is 37.1. The number of hydrogen-bond donors (Lipinski definition) is 1. The summed E-state index contributed by atoms with van der Waals surface area (Å²) in [5, 5.41) is 11.4. The molecule has 1 saturated carbocycles. The summed E-state index contributed by atoms with van der Waals surface area (Å²) < 4.78 is 5.81. The van der Waals surface area contributed by atoms with E-state index in [1.807, 2.05) is 27.7 Å². The number of rotatable bonds is 3. The zero-order chi connectivity index (χ0) is 18.3. The van der Waals surface area contributed by atoms with Crippen LogP contribution in [-0.2, 0) is 14.3 Å². The van der Waals surface area contributed by atoms with Crippen molar-refractivity contribution in [2.75, 3.05) is 0 Å². The van der Waals surface area contributed by atoms with Gasteiger partial charge < -0.3 is 9.84 Å². The molecule has 0 amide bonds. The Labute approximate surface area is 145 Å². The predicted octanol–water partition coefficient (Wildman–Crippen LogP) is 3.59. The average Bonchev–Trinajstić information content (AvgIpc) is 2.74. The lowest BCUT2D eigenvalue weighted by Crippen LogP contribution is -2.52. The highest BCUT2D eigenvalue weighted by molar-refractivity contribution is 5.96. The van der Waals surface area contributed by atoms with Crippen LogP contribution >= 0.6 is 0 Å². The average molecular weight is 334 g/mol. The number of ketones is 1. The molecule has 0 radical (unpaired) electrons. The third-order valence-corrected chi connectivity index (χ3v) is 6.12. The number of carbonyl (C=O) groups excluding carboxylic acids is 2. The molecule has 4 nitrogen and oxygen atoms in total. The van der Waals surface area contributed by atoms with Crippen molar-refractivity contribution in [1.82, 2.24) is 0 Å². The van der Waals surface area contributed by atoms with Gasteiger partial charge in [-0.15, -0.1) is 0 Å². The smallest absolute Gasteiger partial charge is 0.333 e. The van der Waals surface area contributed by atoms with Gasteiger partial charge in [0, 0.05) is 23.3 Å². The molecular weight excluding hydrogens is 304 g/mol. The first-order valence-corrected chi connectivity index (χ1v) is 8.84. The second-order valence-electron chi connectivity index (χ2n) is 8.02. The molecule has 134 valence electrons. The molecule has 4 heteroatoms. The van der Waals surface area contributed by atoms with Crippen LogP contribution < -0.4 is 0 Å². The third kappa shape index (κ3) is 2.97. The molecule has 1 N–H and O–H groups in total. The van der Waals surface area contributed by atoms with E-state index in [-0.39, 0.29) is 23.6 Å². The highest BCUT2D eigenvalue weighted by atomic mass is 16.5. The first-order valence-electron chi connectivity index (χ1n) is 8.84. The Morgan fingerprint density at radius 2 is 2.04 bits per heavy atom. The first kappa shape index (κ1) is 18.9. The SMILES string of the molecule is C/C=C(\C)C(=O)O[C@H]1CC(C)=CC(=O)[C@@]2(C)CC[C@@](O)(C(C)C)[C@H]12. The largest absolute Gasteiger partial charge is 0.458 e. The van der Waals surface area contributed by atoms with E-state index in [9.17, 15) is 14.7 Å². The standard InChI is InChI=1S/C20H30O4/c1-7-14(5)18(22)24-15-10-13(4)11-16(21)19(6)8-9-20(23,12(2)3)17(15)19/h7,11-12,15,17,23H,8-10H2,1-6H3/b14-7+/t15-,17+,19+,20+/m0/s1. The maximum Gasteiger partial charge on any atom is 0.333 e. The topological polar surface area (TPSA) is 63.6 Å². The Morgan fingerprint density at radius 1 is 1.42 bits per heavy atom. The van der Waals surface area contributed by atoms with E-state index in [0.29, 0.717) is 24.8 Å². The summed E-state index contributed by atoms with van der Waals surface area (Å²) in [6, 6.07) is 0. The molecule has 0 aromatic carbocycles. The Balaban J connectivity index is 2.48. The van der Waals surface area contributed by atoms with Crippen LogP contribution in [0.4, 0.5) is 0 Å². The quantitative estimate of drug-likeness (QED) is 0.633. The van der Waals surface area contributed by atoms with Gasteiger partial charge in [0.05, 0.1) is 5.60 Å². The molecule has 0 aromatic heterocycles. The number of allylic oxidation sites excluding steroid dienone is 2. The lowest BCUT2D eigenvalue weighted by molar-refractivity contribution is -0.164. The molecule has 0 bridgehead atoms. The highest BCUT2D eigenvalue weighted by Crippen LogP contribution is 2.56. The van der Waals surface area contributed by atoms with Crippen LogP contribution in [0, 0.1) is 17.3 Å². The molecule has 0 aromatic rings. The predicted molar refractivity (Wildman–Crippen MR) is 93.3 cm³/mol. The van der Waals surface area contributed by atoms with Gasteiger partial charge in [-0.1, -0.05) is 32.4 Å². The lowest BCUT2D eigenvalue weighted by Gasteiger charge is -2.42. The number of esters is 1. The minimum Gasteiger partial charge on any atom is -0.458 e. The number of fused-ring (bicyclic) bond motifs is 1. The summed E-state index contributed by atoms with van der Waals surface area (Å²) >= 11 is 0. The van der Waals surface area contributed by atoms with Crippen LogP contribution in [0.3, 0.4) is 0 Å². The van der Waals surface area contributed by atoms with Crippen molar-refractivity contribution in [3.63, 3.8) is 0 Å². The van der Waals surface area contributed by atoms with E-state index in [0.717, 1.165) is 5.57 Å². The van der Waals surface area contributed by atoms with Crippen molar-refractivity contribution in [3.05, 3.63) is 23.3 Å². The van der Waals surface area contributed by atoms with E-state index in [1.54, 1.807) is 26.0 Å². The van der Waals surface area contributed by atoms with Gasteiger partial charge in [0.25, 0.3) is 0 Å². The number of hydrogen-bond acceptors (Lipinski definition) is 4. The fraction of sp³-hybridized carbons (Fsp3) is 0.700. The summed E-state index contributed by atoms with van der Waals surface area (Å²) in [5.41, 5.74) is -0.249. The summed E-state index contributed by atoms with van der Waals surface area (Å²) in [6.07, 6.45) is 4.57. The van der Waals surface area contributed by atoms with Crippen LogP contribution in [0.1, 0.15) is 60.8 Å². The van der Waals surface area contributed by atoms with Crippen LogP contribution in [0.15, 0.2) is 23.3 Å². The van der Waals surface area contributed by atoms with Gasteiger partial charge in [-0.3, -0.25) is 4.79 Å². The van der Waals surface area contributed by atoms with Gasteiger partial charge in [-0.2, -0.15) is 0 Å². The Bertz CT molecular complexity index is 601. The Hall–Kier alpha value is -1.42. The van der Waals surface area contributed by atoms with Gasteiger partial charge in [0.1, 0.15) is 6.10 Å². The maximum absolute atomic E-state index is 12.8. The van der Waals surface area contributed by atoms with Crippen LogP contribution in [0.25, 0.3) is 0 Å². The van der Waals surface area contributed by atoms with Crippen molar-refractivity contribution >= 4 is 11.8 Å². The summed E-state index contributed by atoms with van der Waals surface area (Å²) in [4.78, 5) is 25.2. The fourth-order valence-electron chi connectivity index (χ4n) is 4.32. The van der Waals surface area contributed by atoms with Gasteiger partial charge in [0.15, 0.2) is 5.78 Å². The number of ether oxygens (including phenoxy) is 1. The minimum atomic E-state index is -1.00. The number of carbonyl (C=O) groups is 2. The van der Waals surface area contributed by atoms with Crippen LogP contribution in [0.5, 0.6) is 0 Å². The minimum absolute atomic E-state index is 0.0143. The molecule has 0 saturated heterocycles. The van der Waals surface area contributed by atoms with E-state index in [2.05, 4.69) is 0 Å². The number of aliphatic hydroxyl groups is 1. The Kier molecular flexibility index (Phi) is 5.10. The monoisotopic (exact) mass is 334 g/mol. The molecule has 0 spiro atoms. The van der Waals surface area contributed by atoms with Gasteiger partial charge in [-0.05, 0) is 45.6 Å². The van der Waals surface area contributed by atoms with Crippen LogP contribution in [-0.4, -0.2) is 28.6 Å². The van der Waals surface area contributed by atoms with Crippen molar-refractivity contribution < 1.29 is 19.4 Å². The van der Waals surface area contributed by atoms with E-state index in [1.165, 1.54) is 0 Å². The van der Waals surface area contributed by atoms with Gasteiger partial charge in [0.2, 0.25) is 0 Å². The van der Waals surface area contributed by atoms with E-state index < -0.39 is 17.1 Å². The molecule has 2 aliphatic carbocycles. The summed E-state index contributed by atoms with van der Waals surface area (Å²) in [7, 11) is 0. The Morgan fingerprint density at radius 3 is 2.58 bits per heavy atom. The second-order valence-corrected chi connectivity index (χ2v) is 8.02. The van der Waals surface area contributed by atoms with E-state index in [4.69, 9.17) is 4.74 Å². The molecule has 0 heterocycles. The molecular formula is C20H30O4. The van der Waals surface area contributed by atoms with Crippen molar-refractivity contribution in [3.8, 4) is 0 Å². The second kappa shape index (κ2) is 6.47. The molecule has 1 fully saturated rings. The summed E-state index contributed by atoms with van der Waals surface area (Å²) in [5.74, 6) is -0.729. The van der Waals surface area contributed by atoms with Crippen molar-refractivity contribution in [2.45, 2.75) is 72.5 Å². The van der Waals surface area contributed by atoms with Gasteiger partial charge in [-0.25, -0.2) is 4.79 Å². The fourth-order valence-corrected chi connectivity index (χ4v) is 4.32. The van der Waals surface area contributed by atoms with Crippen molar-refractivity contribution in [1.29, 1.82) is 0 Å². The zero-order valence-electron chi connectivity index (χ0n) is 15.7.